The van der Waals surface area contributed by atoms with Gasteiger partial charge in [0.15, 0.2) is 0 Å². The summed E-state index contributed by atoms with van der Waals surface area (Å²) in [5.74, 6) is 1.36. The minimum Gasteiger partial charge on any atom is -0.319 e. The Hall–Kier alpha value is -0.240. The Morgan fingerprint density at radius 3 is 2.53 bits per heavy atom. The lowest BCUT2D eigenvalue weighted by Crippen LogP contribution is -2.22. The molecule has 1 aromatic rings. The summed E-state index contributed by atoms with van der Waals surface area (Å²) >= 11 is 12.1. The van der Waals surface area contributed by atoms with E-state index in [0.717, 1.165) is 12.5 Å². The zero-order valence-electron chi connectivity index (χ0n) is 10.2. The van der Waals surface area contributed by atoms with E-state index in [0.29, 0.717) is 16.0 Å². The minimum atomic E-state index is 0.567. The average molecular weight is 272 g/mol. The molecule has 0 radical (unpaired) electrons. The Bertz CT molecular complexity index is 372. The van der Waals surface area contributed by atoms with Gasteiger partial charge in [0.2, 0.25) is 0 Å². The van der Waals surface area contributed by atoms with Crippen molar-refractivity contribution in [2.24, 2.45) is 5.92 Å². The van der Waals surface area contributed by atoms with Gasteiger partial charge in [0, 0.05) is 6.54 Å². The molecule has 1 N–H and O–H groups in total. The van der Waals surface area contributed by atoms with Crippen LogP contribution in [0.4, 0.5) is 0 Å². The summed E-state index contributed by atoms with van der Waals surface area (Å²) in [6.07, 6.45) is 5.41. The first-order chi connectivity index (χ1) is 8.22. The van der Waals surface area contributed by atoms with Crippen molar-refractivity contribution in [3.8, 4) is 0 Å². The lowest BCUT2D eigenvalue weighted by Gasteiger charge is -2.24. The molecular weight excluding hydrogens is 253 g/mol. The van der Waals surface area contributed by atoms with E-state index in [1.165, 1.54) is 31.2 Å². The van der Waals surface area contributed by atoms with Gasteiger partial charge < -0.3 is 5.32 Å². The molecule has 1 aliphatic rings. The second-order valence-electron chi connectivity index (χ2n) is 4.88. The van der Waals surface area contributed by atoms with Crippen LogP contribution in [0.5, 0.6) is 0 Å². The van der Waals surface area contributed by atoms with Crippen LogP contribution in [-0.4, -0.2) is 13.6 Å². The highest BCUT2D eigenvalue weighted by Crippen LogP contribution is 2.38. The Kier molecular flexibility index (Phi) is 4.72. The van der Waals surface area contributed by atoms with Crippen LogP contribution >= 0.6 is 23.2 Å². The highest BCUT2D eigenvalue weighted by molar-refractivity contribution is 6.42. The SMILES string of the molecule is CNCC(c1ccc(Cl)c(Cl)c1)C1CCCC1. The molecule has 1 unspecified atom stereocenters. The van der Waals surface area contributed by atoms with Gasteiger partial charge in [0.25, 0.3) is 0 Å². The third kappa shape index (κ3) is 3.15. The van der Waals surface area contributed by atoms with Gasteiger partial charge in [-0.25, -0.2) is 0 Å². The molecule has 1 atom stereocenters. The molecule has 1 fully saturated rings. The van der Waals surface area contributed by atoms with Crippen molar-refractivity contribution in [3.63, 3.8) is 0 Å². The predicted molar refractivity (Wildman–Crippen MR) is 75.1 cm³/mol. The molecule has 2 rings (SSSR count). The Labute approximate surface area is 114 Å². The lowest BCUT2D eigenvalue weighted by atomic mass is 9.85. The predicted octanol–water partition coefficient (Wildman–Crippen LogP) is 4.49. The first-order valence-corrected chi connectivity index (χ1v) is 7.07. The van der Waals surface area contributed by atoms with Crippen LogP contribution in [0.25, 0.3) is 0 Å². The monoisotopic (exact) mass is 271 g/mol. The molecule has 0 bridgehead atoms. The molecule has 0 spiro atoms. The molecule has 1 nitrogen and oxygen atoms in total. The number of nitrogens with one attached hydrogen (secondary N) is 1. The topological polar surface area (TPSA) is 12.0 Å². The highest BCUT2D eigenvalue weighted by Gasteiger charge is 2.26. The van der Waals surface area contributed by atoms with Crippen LogP contribution in [0, 0.1) is 5.92 Å². The Balaban J connectivity index is 2.21. The van der Waals surface area contributed by atoms with Crippen LogP contribution in [0.15, 0.2) is 18.2 Å². The molecule has 0 aromatic heterocycles. The Morgan fingerprint density at radius 1 is 1.24 bits per heavy atom. The zero-order chi connectivity index (χ0) is 12.3. The molecular formula is C14H19Cl2N. The quantitative estimate of drug-likeness (QED) is 0.851. The van der Waals surface area contributed by atoms with Crippen molar-refractivity contribution in [1.82, 2.24) is 5.32 Å². The molecule has 1 saturated carbocycles. The molecule has 1 aliphatic carbocycles. The second kappa shape index (κ2) is 6.08. The number of benzene rings is 1. The lowest BCUT2D eigenvalue weighted by molar-refractivity contribution is 0.421. The highest BCUT2D eigenvalue weighted by atomic mass is 35.5. The first-order valence-electron chi connectivity index (χ1n) is 6.32. The van der Waals surface area contributed by atoms with Gasteiger partial charge in [-0.2, -0.15) is 0 Å². The fourth-order valence-corrected chi connectivity index (χ4v) is 3.19. The van der Waals surface area contributed by atoms with Crippen molar-refractivity contribution in [3.05, 3.63) is 33.8 Å². The van der Waals surface area contributed by atoms with E-state index >= 15 is 0 Å². The summed E-state index contributed by atoms with van der Waals surface area (Å²) < 4.78 is 0. The van der Waals surface area contributed by atoms with Gasteiger partial charge in [0.05, 0.1) is 10.0 Å². The average Bonchev–Trinajstić information content (AvgIpc) is 2.83. The maximum atomic E-state index is 6.11. The Morgan fingerprint density at radius 2 is 1.94 bits per heavy atom. The van der Waals surface area contributed by atoms with Crippen molar-refractivity contribution in [1.29, 1.82) is 0 Å². The van der Waals surface area contributed by atoms with E-state index in [9.17, 15) is 0 Å². The first kappa shape index (κ1) is 13.2. The fraction of sp³-hybridized carbons (Fsp3) is 0.571. The van der Waals surface area contributed by atoms with Crippen LogP contribution < -0.4 is 5.32 Å². The number of likely N-dealkylation sites (N-methyl/N-ethyl adjacent to an activating group) is 1. The summed E-state index contributed by atoms with van der Waals surface area (Å²) in [7, 11) is 2.01. The van der Waals surface area contributed by atoms with Gasteiger partial charge in [-0.3, -0.25) is 0 Å². The number of hydrogen-bond acceptors (Lipinski definition) is 1. The maximum Gasteiger partial charge on any atom is 0.0595 e. The standard InChI is InChI=1S/C14H19Cl2N/c1-17-9-12(10-4-2-3-5-10)11-6-7-13(15)14(16)8-11/h6-8,10,12,17H,2-5,9H2,1H3. The molecule has 0 saturated heterocycles. The van der Waals surface area contributed by atoms with E-state index in [4.69, 9.17) is 23.2 Å². The van der Waals surface area contributed by atoms with E-state index in [1.807, 2.05) is 19.2 Å². The number of rotatable bonds is 4. The number of hydrogen-bond donors (Lipinski definition) is 1. The molecule has 0 heterocycles. The molecule has 17 heavy (non-hydrogen) atoms. The van der Waals surface area contributed by atoms with E-state index < -0.39 is 0 Å². The van der Waals surface area contributed by atoms with Crippen LogP contribution in [0.2, 0.25) is 10.0 Å². The van der Waals surface area contributed by atoms with Crippen molar-refractivity contribution < 1.29 is 0 Å². The van der Waals surface area contributed by atoms with Crippen molar-refractivity contribution >= 4 is 23.2 Å². The zero-order valence-corrected chi connectivity index (χ0v) is 11.7. The smallest absolute Gasteiger partial charge is 0.0595 e. The summed E-state index contributed by atoms with van der Waals surface area (Å²) in [4.78, 5) is 0. The minimum absolute atomic E-state index is 0.567. The van der Waals surface area contributed by atoms with Gasteiger partial charge in [-0.1, -0.05) is 42.1 Å². The molecule has 94 valence electrons. The number of halogens is 2. The van der Waals surface area contributed by atoms with Crippen LogP contribution in [0.3, 0.4) is 0 Å². The van der Waals surface area contributed by atoms with E-state index in [1.54, 1.807) is 0 Å². The van der Waals surface area contributed by atoms with E-state index in [2.05, 4.69) is 11.4 Å². The third-order valence-corrected chi connectivity index (χ3v) is 4.50. The normalized spacial score (nSPS) is 18.5. The summed E-state index contributed by atoms with van der Waals surface area (Å²) in [5.41, 5.74) is 1.32. The van der Waals surface area contributed by atoms with Gasteiger partial charge >= 0.3 is 0 Å². The molecule has 0 amide bonds. The van der Waals surface area contributed by atoms with Gasteiger partial charge in [-0.15, -0.1) is 0 Å². The van der Waals surface area contributed by atoms with Gasteiger partial charge in [-0.05, 0) is 49.4 Å². The van der Waals surface area contributed by atoms with Crippen LogP contribution in [0.1, 0.15) is 37.2 Å². The second-order valence-corrected chi connectivity index (χ2v) is 5.70. The third-order valence-electron chi connectivity index (χ3n) is 3.76. The van der Waals surface area contributed by atoms with Crippen LogP contribution in [-0.2, 0) is 0 Å². The summed E-state index contributed by atoms with van der Waals surface area (Å²) in [6, 6.07) is 6.07. The summed E-state index contributed by atoms with van der Waals surface area (Å²) in [5, 5.41) is 4.61. The van der Waals surface area contributed by atoms with Crippen molar-refractivity contribution in [2.75, 3.05) is 13.6 Å². The molecule has 0 aliphatic heterocycles. The molecule has 3 heteroatoms. The fourth-order valence-electron chi connectivity index (χ4n) is 2.88. The summed E-state index contributed by atoms with van der Waals surface area (Å²) in [6.45, 7) is 1.02. The largest absolute Gasteiger partial charge is 0.319 e. The van der Waals surface area contributed by atoms with Crippen molar-refractivity contribution in [2.45, 2.75) is 31.6 Å². The van der Waals surface area contributed by atoms with E-state index in [-0.39, 0.29) is 0 Å². The molecule has 1 aromatic carbocycles. The van der Waals surface area contributed by atoms with Gasteiger partial charge in [0.1, 0.15) is 0 Å². The maximum absolute atomic E-state index is 6.11.